The van der Waals surface area contributed by atoms with Crippen LogP contribution in [0.2, 0.25) is 10.3 Å². The first-order chi connectivity index (χ1) is 6.27. The summed E-state index contributed by atoms with van der Waals surface area (Å²) < 4.78 is 0. The molecule has 1 N–H and O–H groups in total. The van der Waals surface area contributed by atoms with Gasteiger partial charge in [-0.3, -0.25) is 0 Å². The highest BCUT2D eigenvalue weighted by molar-refractivity contribution is 6.32. The van der Waals surface area contributed by atoms with Crippen LogP contribution < -0.4 is 5.32 Å². The Balaban J connectivity index is 0.000000980. The van der Waals surface area contributed by atoms with Crippen LogP contribution in [0.5, 0.6) is 0 Å². The molecule has 2 rings (SSSR count). The van der Waals surface area contributed by atoms with Crippen molar-refractivity contribution < 1.29 is 0 Å². The molecule has 14 heavy (non-hydrogen) atoms. The van der Waals surface area contributed by atoms with Crippen LogP contribution in [-0.2, 0) is 0 Å². The molecule has 1 aliphatic heterocycles. The maximum Gasteiger partial charge on any atom is 0.135 e. The number of aromatic nitrogens is 1. The number of nitrogens with zero attached hydrogens (tertiary/aromatic N) is 1. The molecule has 1 aromatic heterocycles. The minimum Gasteiger partial charge on any atom is -0.310 e. The zero-order valence-electron chi connectivity index (χ0n) is 7.46. The minimum atomic E-state index is 0. The number of nitrogens with one attached hydrogen (secondary N) is 1. The first-order valence-electron chi connectivity index (χ1n) is 4.33. The highest BCUT2D eigenvalue weighted by Gasteiger charge is 2.19. The topological polar surface area (TPSA) is 24.9 Å². The predicted octanol–water partition coefficient (Wildman–Crippen LogP) is 3.23. The lowest BCUT2D eigenvalue weighted by Gasteiger charge is -2.11. The first-order valence-corrected chi connectivity index (χ1v) is 5.08. The Bertz CT molecular complexity index is 311. The molecule has 0 unspecified atom stereocenters. The SMILES string of the molecule is Cl.Clc1ccc([C@H]2CCCN2)c(Cl)n1. The normalized spacial score (nSPS) is 20.6. The smallest absolute Gasteiger partial charge is 0.135 e. The van der Waals surface area contributed by atoms with Crippen molar-refractivity contribution >= 4 is 35.6 Å². The van der Waals surface area contributed by atoms with Crippen LogP contribution in [-0.4, -0.2) is 11.5 Å². The van der Waals surface area contributed by atoms with Gasteiger partial charge in [-0.05, 0) is 25.5 Å². The van der Waals surface area contributed by atoms with E-state index >= 15 is 0 Å². The summed E-state index contributed by atoms with van der Waals surface area (Å²) in [5.41, 5.74) is 1.06. The number of hydrogen-bond acceptors (Lipinski definition) is 2. The number of pyridine rings is 1. The minimum absolute atomic E-state index is 0. The van der Waals surface area contributed by atoms with E-state index in [1.165, 1.54) is 6.42 Å². The fraction of sp³-hybridized carbons (Fsp3) is 0.444. The van der Waals surface area contributed by atoms with Crippen molar-refractivity contribution in [3.05, 3.63) is 28.0 Å². The predicted molar refractivity (Wildman–Crippen MR) is 61.5 cm³/mol. The van der Waals surface area contributed by atoms with E-state index in [4.69, 9.17) is 23.2 Å². The molecule has 0 spiro atoms. The van der Waals surface area contributed by atoms with Crippen LogP contribution in [0, 0.1) is 0 Å². The van der Waals surface area contributed by atoms with E-state index in [-0.39, 0.29) is 12.4 Å². The van der Waals surface area contributed by atoms with Crippen molar-refractivity contribution in [1.29, 1.82) is 0 Å². The van der Waals surface area contributed by atoms with E-state index in [1.54, 1.807) is 6.07 Å². The zero-order chi connectivity index (χ0) is 9.26. The van der Waals surface area contributed by atoms with Gasteiger partial charge in [-0.15, -0.1) is 12.4 Å². The van der Waals surface area contributed by atoms with Gasteiger partial charge in [0, 0.05) is 11.6 Å². The molecule has 1 fully saturated rings. The van der Waals surface area contributed by atoms with Gasteiger partial charge >= 0.3 is 0 Å². The maximum atomic E-state index is 5.97. The summed E-state index contributed by atoms with van der Waals surface area (Å²) in [5.74, 6) is 0. The Morgan fingerprint density at radius 2 is 2.14 bits per heavy atom. The number of halogens is 3. The summed E-state index contributed by atoms with van der Waals surface area (Å²) in [6, 6.07) is 4.08. The molecule has 0 bridgehead atoms. The molecule has 0 amide bonds. The summed E-state index contributed by atoms with van der Waals surface area (Å²) in [4.78, 5) is 4.01. The quantitative estimate of drug-likeness (QED) is 0.777. The molecule has 2 nitrogen and oxygen atoms in total. The summed E-state index contributed by atoms with van der Waals surface area (Å²) in [6.07, 6.45) is 2.33. The second-order valence-electron chi connectivity index (χ2n) is 3.16. The molecule has 5 heteroatoms. The van der Waals surface area contributed by atoms with Gasteiger partial charge in [-0.2, -0.15) is 0 Å². The fourth-order valence-electron chi connectivity index (χ4n) is 1.63. The maximum absolute atomic E-state index is 5.97. The van der Waals surface area contributed by atoms with Crippen molar-refractivity contribution in [2.75, 3.05) is 6.54 Å². The van der Waals surface area contributed by atoms with Crippen molar-refractivity contribution in [2.24, 2.45) is 0 Å². The highest BCUT2D eigenvalue weighted by atomic mass is 35.5. The molecule has 0 aliphatic carbocycles. The Kier molecular flexibility index (Phi) is 4.45. The Hall–Kier alpha value is -0.0200. The Morgan fingerprint density at radius 3 is 2.71 bits per heavy atom. The Labute approximate surface area is 99.4 Å². The lowest BCUT2D eigenvalue weighted by atomic mass is 10.1. The standard InChI is InChI=1S/C9H10Cl2N2.ClH/c10-8-4-3-6(9(11)13-8)7-2-1-5-12-7;/h3-4,7,12H,1-2,5H2;1H/t7-;/m1./s1. The van der Waals surface area contributed by atoms with Gasteiger partial charge in [-0.25, -0.2) is 4.98 Å². The van der Waals surface area contributed by atoms with Crippen molar-refractivity contribution in [1.82, 2.24) is 10.3 Å². The third-order valence-electron chi connectivity index (χ3n) is 2.28. The zero-order valence-corrected chi connectivity index (χ0v) is 9.79. The van der Waals surface area contributed by atoms with Crippen molar-refractivity contribution in [3.8, 4) is 0 Å². The molecular weight excluding hydrogens is 242 g/mol. The van der Waals surface area contributed by atoms with E-state index in [1.807, 2.05) is 6.07 Å². The van der Waals surface area contributed by atoms with Crippen LogP contribution in [0.3, 0.4) is 0 Å². The molecule has 1 aliphatic rings. The van der Waals surface area contributed by atoms with E-state index in [0.717, 1.165) is 18.5 Å². The molecular formula is C9H11Cl3N2. The van der Waals surface area contributed by atoms with Crippen LogP contribution in [0.15, 0.2) is 12.1 Å². The van der Waals surface area contributed by atoms with Crippen LogP contribution in [0.25, 0.3) is 0 Å². The number of hydrogen-bond donors (Lipinski definition) is 1. The summed E-state index contributed by atoms with van der Waals surface area (Å²) in [7, 11) is 0. The molecule has 1 aromatic rings. The second kappa shape index (κ2) is 5.17. The highest BCUT2D eigenvalue weighted by Crippen LogP contribution is 2.28. The summed E-state index contributed by atoms with van der Waals surface area (Å²) in [6.45, 7) is 1.06. The molecule has 0 radical (unpaired) electrons. The molecule has 0 saturated carbocycles. The van der Waals surface area contributed by atoms with E-state index in [9.17, 15) is 0 Å². The van der Waals surface area contributed by atoms with Gasteiger partial charge in [0.1, 0.15) is 10.3 Å². The van der Waals surface area contributed by atoms with E-state index in [2.05, 4.69) is 10.3 Å². The number of rotatable bonds is 1. The van der Waals surface area contributed by atoms with Gasteiger partial charge in [0.25, 0.3) is 0 Å². The monoisotopic (exact) mass is 252 g/mol. The van der Waals surface area contributed by atoms with Crippen LogP contribution in [0.4, 0.5) is 0 Å². The first kappa shape index (κ1) is 12.1. The molecule has 0 aromatic carbocycles. The summed E-state index contributed by atoms with van der Waals surface area (Å²) >= 11 is 11.7. The summed E-state index contributed by atoms with van der Waals surface area (Å²) in [5, 5.41) is 4.34. The van der Waals surface area contributed by atoms with Gasteiger partial charge < -0.3 is 5.32 Å². The van der Waals surface area contributed by atoms with Crippen LogP contribution in [0.1, 0.15) is 24.4 Å². The van der Waals surface area contributed by atoms with Gasteiger partial charge in [0.05, 0.1) is 0 Å². The largest absolute Gasteiger partial charge is 0.310 e. The third-order valence-corrected chi connectivity index (χ3v) is 2.79. The molecule has 78 valence electrons. The molecule has 1 atom stereocenters. The second-order valence-corrected chi connectivity index (χ2v) is 3.91. The molecule has 1 saturated heterocycles. The average Bonchev–Trinajstić information content (AvgIpc) is 2.56. The van der Waals surface area contributed by atoms with Gasteiger partial charge in [-0.1, -0.05) is 29.3 Å². The third kappa shape index (κ3) is 2.51. The Morgan fingerprint density at radius 1 is 1.36 bits per heavy atom. The van der Waals surface area contributed by atoms with Crippen molar-refractivity contribution in [3.63, 3.8) is 0 Å². The fourth-order valence-corrected chi connectivity index (χ4v) is 2.11. The van der Waals surface area contributed by atoms with E-state index < -0.39 is 0 Å². The average molecular weight is 254 g/mol. The van der Waals surface area contributed by atoms with Gasteiger partial charge in [0.2, 0.25) is 0 Å². The van der Waals surface area contributed by atoms with E-state index in [0.29, 0.717) is 16.3 Å². The lowest BCUT2D eigenvalue weighted by Crippen LogP contribution is -2.13. The molecule has 2 heterocycles. The lowest BCUT2D eigenvalue weighted by molar-refractivity contribution is 0.645. The van der Waals surface area contributed by atoms with Crippen molar-refractivity contribution in [2.45, 2.75) is 18.9 Å². The van der Waals surface area contributed by atoms with Gasteiger partial charge in [0.15, 0.2) is 0 Å². The van der Waals surface area contributed by atoms with Crippen LogP contribution >= 0.6 is 35.6 Å².